The lowest BCUT2D eigenvalue weighted by Gasteiger charge is -1.97. The minimum absolute atomic E-state index is 0. The van der Waals surface area contributed by atoms with Crippen LogP contribution in [0.5, 0.6) is 5.75 Å². The van der Waals surface area contributed by atoms with Gasteiger partial charge in [0.05, 0.1) is 7.11 Å². The van der Waals surface area contributed by atoms with E-state index >= 15 is 0 Å². The zero-order chi connectivity index (χ0) is 6.69. The lowest BCUT2D eigenvalue weighted by Crippen LogP contribution is -1.81. The van der Waals surface area contributed by atoms with E-state index in [2.05, 4.69) is 0 Å². The summed E-state index contributed by atoms with van der Waals surface area (Å²) in [6.07, 6.45) is 0. The molecule has 64 valence electrons. The number of benzene rings is 1. The van der Waals surface area contributed by atoms with Crippen molar-refractivity contribution in [2.45, 2.75) is 6.92 Å². The van der Waals surface area contributed by atoms with E-state index in [1.54, 1.807) is 7.11 Å². The van der Waals surface area contributed by atoms with Crippen molar-refractivity contribution in [2.24, 2.45) is 0 Å². The molecule has 0 radical (unpaired) electrons. The highest BCUT2D eigenvalue weighted by Gasteiger charge is 1.86. The molecule has 1 rings (SSSR count). The maximum Gasteiger partial charge on any atom is 0.119 e. The molecule has 0 aliphatic carbocycles. The van der Waals surface area contributed by atoms with Gasteiger partial charge in [0.15, 0.2) is 0 Å². The fourth-order valence-corrected chi connectivity index (χ4v) is 0.742. The number of ether oxygens (including phenoxy) is 1. The van der Waals surface area contributed by atoms with Crippen LogP contribution in [-0.4, -0.2) is 7.11 Å². The number of hydrogen-bond acceptors (Lipinski definition) is 2. The van der Waals surface area contributed by atoms with Gasteiger partial charge in [0.2, 0.25) is 0 Å². The Morgan fingerprint density at radius 2 is 1.91 bits per heavy atom. The SMILES string of the molecule is COc1cccc(C)c1.Cl.N. The maximum absolute atomic E-state index is 5.00. The Labute approximate surface area is 73.6 Å². The molecule has 0 bridgehead atoms. The van der Waals surface area contributed by atoms with Gasteiger partial charge in [0, 0.05) is 0 Å². The van der Waals surface area contributed by atoms with E-state index in [1.807, 2.05) is 31.2 Å². The van der Waals surface area contributed by atoms with Gasteiger partial charge >= 0.3 is 0 Å². The Balaban J connectivity index is 0. The van der Waals surface area contributed by atoms with Crippen molar-refractivity contribution in [3.63, 3.8) is 0 Å². The summed E-state index contributed by atoms with van der Waals surface area (Å²) in [5, 5.41) is 0. The van der Waals surface area contributed by atoms with E-state index in [9.17, 15) is 0 Å². The topological polar surface area (TPSA) is 44.2 Å². The molecule has 3 heteroatoms. The lowest BCUT2D eigenvalue weighted by molar-refractivity contribution is 0.414. The second-order valence-corrected chi connectivity index (χ2v) is 2.02. The summed E-state index contributed by atoms with van der Waals surface area (Å²) in [5.41, 5.74) is 1.23. The molecular formula is C8H14ClNO. The molecule has 0 fully saturated rings. The van der Waals surface area contributed by atoms with Crippen molar-refractivity contribution in [1.82, 2.24) is 6.15 Å². The molecule has 0 aromatic heterocycles. The zero-order valence-corrected chi connectivity index (χ0v) is 7.65. The number of rotatable bonds is 1. The first-order valence-electron chi connectivity index (χ1n) is 2.93. The molecule has 0 aliphatic heterocycles. The molecule has 0 aliphatic rings. The van der Waals surface area contributed by atoms with Crippen LogP contribution >= 0.6 is 12.4 Å². The first-order valence-corrected chi connectivity index (χ1v) is 2.93. The minimum Gasteiger partial charge on any atom is -0.497 e. The molecule has 2 nitrogen and oxygen atoms in total. The van der Waals surface area contributed by atoms with E-state index in [1.165, 1.54) is 5.56 Å². The molecule has 0 saturated heterocycles. The van der Waals surface area contributed by atoms with Crippen LogP contribution in [0.2, 0.25) is 0 Å². The van der Waals surface area contributed by atoms with Crippen molar-refractivity contribution < 1.29 is 4.74 Å². The highest BCUT2D eigenvalue weighted by molar-refractivity contribution is 5.85. The Kier molecular flexibility index (Phi) is 7.05. The van der Waals surface area contributed by atoms with Gasteiger partial charge in [-0.15, -0.1) is 12.4 Å². The van der Waals surface area contributed by atoms with Crippen LogP contribution < -0.4 is 10.9 Å². The van der Waals surface area contributed by atoms with Crippen LogP contribution in [0.4, 0.5) is 0 Å². The van der Waals surface area contributed by atoms with Gasteiger partial charge in [0.25, 0.3) is 0 Å². The second-order valence-electron chi connectivity index (χ2n) is 2.02. The Morgan fingerprint density at radius 1 is 1.27 bits per heavy atom. The quantitative estimate of drug-likeness (QED) is 0.713. The smallest absolute Gasteiger partial charge is 0.119 e. The molecule has 0 saturated carbocycles. The Bertz CT molecular complexity index is 203. The van der Waals surface area contributed by atoms with Gasteiger partial charge in [-0.2, -0.15) is 0 Å². The van der Waals surface area contributed by atoms with Crippen LogP contribution in [0.25, 0.3) is 0 Å². The van der Waals surface area contributed by atoms with Crippen LogP contribution in [0.1, 0.15) is 5.56 Å². The summed E-state index contributed by atoms with van der Waals surface area (Å²) < 4.78 is 5.00. The Morgan fingerprint density at radius 3 is 2.27 bits per heavy atom. The Hall–Kier alpha value is -0.730. The van der Waals surface area contributed by atoms with Crippen molar-refractivity contribution in [3.8, 4) is 5.75 Å². The van der Waals surface area contributed by atoms with Crippen molar-refractivity contribution in [3.05, 3.63) is 29.8 Å². The fraction of sp³-hybridized carbons (Fsp3) is 0.250. The van der Waals surface area contributed by atoms with Crippen LogP contribution in [0.15, 0.2) is 24.3 Å². The maximum atomic E-state index is 5.00. The third-order valence-electron chi connectivity index (χ3n) is 1.23. The summed E-state index contributed by atoms with van der Waals surface area (Å²) in [6.45, 7) is 2.04. The van der Waals surface area contributed by atoms with E-state index < -0.39 is 0 Å². The van der Waals surface area contributed by atoms with Crippen molar-refractivity contribution >= 4 is 12.4 Å². The number of hydrogen-bond donors (Lipinski definition) is 1. The van der Waals surface area contributed by atoms with Crippen LogP contribution in [0.3, 0.4) is 0 Å². The van der Waals surface area contributed by atoms with Gasteiger partial charge in [-0.3, -0.25) is 0 Å². The van der Waals surface area contributed by atoms with Crippen molar-refractivity contribution in [2.75, 3.05) is 7.11 Å². The monoisotopic (exact) mass is 175 g/mol. The average Bonchev–Trinajstić information content (AvgIpc) is 1.88. The number of methoxy groups -OCH3 is 1. The third kappa shape index (κ3) is 3.86. The molecule has 0 heterocycles. The molecule has 3 N–H and O–H groups in total. The summed E-state index contributed by atoms with van der Waals surface area (Å²) in [7, 11) is 1.68. The van der Waals surface area contributed by atoms with Gasteiger partial charge in [-0.1, -0.05) is 12.1 Å². The summed E-state index contributed by atoms with van der Waals surface area (Å²) in [4.78, 5) is 0. The summed E-state index contributed by atoms with van der Waals surface area (Å²) >= 11 is 0. The third-order valence-corrected chi connectivity index (χ3v) is 1.23. The number of halogens is 1. The molecule has 0 spiro atoms. The molecule has 0 unspecified atom stereocenters. The van der Waals surface area contributed by atoms with Gasteiger partial charge in [0.1, 0.15) is 5.75 Å². The predicted octanol–water partition coefficient (Wildman–Crippen LogP) is 2.59. The molecule has 0 amide bonds. The van der Waals surface area contributed by atoms with E-state index in [4.69, 9.17) is 4.74 Å². The van der Waals surface area contributed by atoms with E-state index in [-0.39, 0.29) is 18.6 Å². The minimum atomic E-state index is 0. The molecular weight excluding hydrogens is 162 g/mol. The highest BCUT2D eigenvalue weighted by Crippen LogP contribution is 2.10. The normalized spacial score (nSPS) is 7.45. The van der Waals surface area contributed by atoms with Crippen LogP contribution in [0, 0.1) is 6.92 Å². The molecule has 1 aromatic rings. The van der Waals surface area contributed by atoms with Gasteiger partial charge in [-0.05, 0) is 24.6 Å². The first kappa shape index (κ1) is 12.9. The second kappa shape index (κ2) is 6.01. The van der Waals surface area contributed by atoms with E-state index in [0.717, 1.165) is 5.75 Å². The largest absolute Gasteiger partial charge is 0.497 e. The molecule has 0 atom stereocenters. The van der Waals surface area contributed by atoms with Gasteiger partial charge < -0.3 is 10.9 Å². The molecule has 11 heavy (non-hydrogen) atoms. The standard InChI is InChI=1S/C8H10O.ClH.H3N/c1-7-4-3-5-8(6-7)9-2;;/h3-6H,1-2H3;1H;1H3. The fourth-order valence-electron chi connectivity index (χ4n) is 0.742. The predicted molar refractivity (Wildman–Crippen MR) is 50.0 cm³/mol. The summed E-state index contributed by atoms with van der Waals surface area (Å²) in [6, 6.07) is 7.96. The molecule has 1 aromatic carbocycles. The highest BCUT2D eigenvalue weighted by atomic mass is 35.5. The van der Waals surface area contributed by atoms with E-state index in [0.29, 0.717) is 0 Å². The van der Waals surface area contributed by atoms with Crippen molar-refractivity contribution in [1.29, 1.82) is 0 Å². The lowest BCUT2D eigenvalue weighted by atomic mass is 10.2. The number of aryl methyl sites for hydroxylation is 1. The average molecular weight is 176 g/mol. The first-order chi connectivity index (χ1) is 4.33. The summed E-state index contributed by atoms with van der Waals surface area (Å²) in [5.74, 6) is 0.926. The zero-order valence-electron chi connectivity index (χ0n) is 6.83. The van der Waals surface area contributed by atoms with Gasteiger partial charge in [-0.25, -0.2) is 0 Å². The van der Waals surface area contributed by atoms with Crippen LogP contribution in [-0.2, 0) is 0 Å².